The molecule has 170 valence electrons. The van der Waals surface area contributed by atoms with Gasteiger partial charge in [0.25, 0.3) is 5.91 Å². The largest absolute Gasteiger partial charge is 0.477 e. The highest BCUT2D eigenvalue weighted by molar-refractivity contribution is 8.01. The predicted octanol–water partition coefficient (Wildman–Crippen LogP) is 0.393. The first-order valence-electron chi connectivity index (χ1n) is 9.41. The number of aliphatic carboxylic acids is 1. The van der Waals surface area contributed by atoms with E-state index in [4.69, 9.17) is 0 Å². The molecule has 0 aliphatic carbocycles. The number of nitrogens with one attached hydrogen (secondary N) is 1. The molecule has 0 saturated carbocycles. The third-order valence-electron chi connectivity index (χ3n) is 4.72. The summed E-state index contributed by atoms with van der Waals surface area (Å²) in [7, 11) is -1.49. The Morgan fingerprint density at radius 1 is 1.44 bits per heavy atom. The molecule has 0 spiro atoms. The van der Waals surface area contributed by atoms with Crippen LogP contribution in [0.3, 0.4) is 0 Å². The van der Waals surface area contributed by atoms with Crippen molar-refractivity contribution < 1.29 is 23.7 Å². The minimum Gasteiger partial charge on any atom is -0.477 e. The Morgan fingerprint density at radius 3 is 2.94 bits per heavy atom. The van der Waals surface area contributed by atoms with Gasteiger partial charge >= 0.3 is 5.97 Å². The lowest BCUT2D eigenvalue weighted by atomic mass is 10.0. The number of carboxylic acids is 1. The van der Waals surface area contributed by atoms with Crippen LogP contribution in [-0.2, 0) is 31.7 Å². The molecule has 1 fully saturated rings. The van der Waals surface area contributed by atoms with Gasteiger partial charge in [-0.05, 0) is 34.4 Å². The number of rotatable bonds is 9. The fourth-order valence-electron chi connectivity index (χ4n) is 3.24. The Morgan fingerprint density at radius 2 is 2.25 bits per heavy atom. The van der Waals surface area contributed by atoms with E-state index in [1.165, 1.54) is 39.8 Å². The summed E-state index contributed by atoms with van der Waals surface area (Å²) < 4.78 is 14.4. The number of hydrogen-bond acceptors (Lipinski definition) is 10. The van der Waals surface area contributed by atoms with Crippen LogP contribution in [0.25, 0.3) is 0 Å². The van der Waals surface area contributed by atoms with Gasteiger partial charge in [0.1, 0.15) is 22.9 Å². The molecule has 11 nitrogen and oxygen atoms in total. The second kappa shape index (κ2) is 9.72. The maximum absolute atomic E-state index is 12.7. The van der Waals surface area contributed by atoms with Gasteiger partial charge in [0, 0.05) is 18.1 Å². The molecule has 2 aliphatic heterocycles. The van der Waals surface area contributed by atoms with Crippen molar-refractivity contribution in [3.63, 3.8) is 0 Å². The lowest BCUT2D eigenvalue weighted by Gasteiger charge is -2.49. The van der Waals surface area contributed by atoms with E-state index < -0.39 is 40.0 Å². The zero-order valence-electron chi connectivity index (χ0n) is 16.7. The molecule has 0 aromatic carbocycles. The number of β-lactam (4-membered cyclic amide) rings is 1. The lowest BCUT2D eigenvalue weighted by molar-refractivity contribution is -0.150. The number of thioether (sulfide) groups is 2. The van der Waals surface area contributed by atoms with E-state index in [1.807, 2.05) is 6.92 Å². The van der Waals surface area contributed by atoms with Gasteiger partial charge in [0.2, 0.25) is 11.1 Å². The summed E-state index contributed by atoms with van der Waals surface area (Å²) >= 11 is 3.98. The number of carboxylic acid groups (broad SMARTS) is 1. The first-order chi connectivity index (χ1) is 15.4. The van der Waals surface area contributed by atoms with Gasteiger partial charge in [0.05, 0.1) is 15.0 Å². The number of tetrazole rings is 1. The molecule has 4 rings (SSSR count). The van der Waals surface area contributed by atoms with E-state index >= 15 is 0 Å². The molecule has 2 aliphatic rings. The van der Waals surface area contributed by atoms with Crippen molar-refractivity contribution >= 4 is 63.4 Å². The van der Waals surface area contributed by atoms with Crippen LogP contribution >= 0.6 is 34.9 Å². The van der Waals surface area contributed by atoms with E-state index in [0.717, 1.165) is 0 Å². The number of thiophene rings is 1. The minimum absolute atomic E-state index is 0.0607. The number of amides is 2. The average molecular weight is 515 g/mol. The van der Waals surface area contributed by atoms with Gasteiger partial charge in [-0.15, -0.1) is 28.2 Å². The van der Waals surface area contributed by atoms with Crippen LogP contribution in [0, 0.1) is 0 Å². The Hall–Kier alpha value is -2.23. The predicted molar refractivity (Wildman–Crippen MR) is 119 cm³/mol. The fourth-order valence-corrected chi connectivity index (χ4v) is 7.58. The number of carbonyl (C=O) groups excluding carboxylic acids is 2. The molecule has 0 bridgehead atoms. The standard InChI is InChI=1S/C17H18N6O5S4/c1-2-22-17(19-20-21-22)31-7-9-6-30-15-12(14(25)23(15)13(9)16(26)27)18-10(24)8-32(28)11-4-3-5-29-11/h3-5,12,15H,2,6-8H2,1H3,(H,18,24)(H,26,27)/t12?,15-,32?/m0/s1. The van der Waals surface area contributed by atoms with Gasteiger partial charge < -0.3 is 10.4 Å². The molecular weight excluding hydrogens is 496 g/mol. The van der Waals surface area contributed by atoms with Crippen molar-refractivity contribution in [3.05, 3.63) is 28.8 Å². The smallest absolute Gasteiger partial charge is 0.352 e. The highest BCUT2D eigenvalue weighted by atomic mass is 32.2. The summed E-state index contributed by atoms with van der Waals surface area (Å²) in [6.07, 6.45) is 0. The van der Waals surface area contributed by atoms with Crippen molar-refractivity contribution in [2.75, 3.05) is 17.3 Å². The van der Waals surface area contributed by atoms with Crippen molar-refractivity contribution in [3.8, 4) is 0 Å². The third kappa shape index (κ3) is 4.46. The number of aryl methyl sites for hydroxylation is 1. The Balaban J connectivity index is 1.42. The van der Waals surface area contributed by atoms with Crippen LogP contribution in [0.1, 0.15) is 6.92 Å². The summed E-state index contributed by atoms with van der Waals surface area (Å²) in [5, 5.41) is 25.6. The Labute approximate surface area is 197 Å². The molecule has 2 aromatic rings. The van der Waals surface area contributed by atoms with E-state index in [2.05, 4.69) is 20.8 Å². The van der Waals surface area contributed by atoms with E-state index in [1.54, 1.807) is 22.2 Å². The zero-order valence-corrected chi connectivity index (χ0v) is 19.9. The highest BCUT2D eigenvalue weighted by Crippen LogP contribution is 2.41. The van der Waals surface area contributed by atoms with Gasteiger partial charge in [-0.1, -0.05) is 17.8 Å². The number of aromatic nitrogens is 4. The van der Waals surface area contributed by atoms with Crippen molar-refractivity contribution in [2.45, 2.75) is 34.2 Å². The van der Waals surface area contributed by atoms with Crippen molar-refractivity contribution in [2.24, 2.45) is 0 Å². The topological polar surface area (TPSA) is 147 Å². The SMILES string of the molecule is CCn1nnnc1SCC1=C(C(=O)O)N2C(=O)C(NC(=O)CS(=O)c3cccs3)[C@@H]2SC1. The number of carbonyl (C=O) groups is 3. The van der Waals surface area contributed by atoms with Crippen LogP contribution in [0.5, 0.6) is 0 Å². The fraction of sp³-hybridized carbons (Fsp3) is 0.412. The quantitative estimate of drug-likeness (QED) is 0.356. The van der Waals surface area contributed by atoms with Crippen LogP contribution in [-0.4, -0.2) is 80.9 Å². The molecular formula is C17H18N6O5S4. The summed E-state index contributed by atoms with van der Waals surface area (Å²) in [6, 6.07) is 2.59. The molecule has 2 unspecified atom stereocenters. The monoisotopic (exact) mass is 514 g/mol. The maximum atomic E-state index is 12.7. The second-order valence-electron chi connectivity index (χ2n) is 6.70. The van der Waals surface area contributed by atoms with E-state index in [-0.39, 0.29) is 11.4 Å². The average Bonchev–Trinajstić information content (AvgIpc) is 3.47. The maximum Gasteiger partial charge on any atom is 0.352 e. The summed E-state index contributed by atoms with van der Waals surface area (Å²) in [4.78, 5) is 38.2. The van der Waals surface area contributed by atoms with Gasteiger partial charge in [0.15, 0.2) is 0 Å². The minimum atomic E-state index is -1.49. The molecule has 2 aromatic heterocycles. The van der Waals surface area contributed by atoms with Gasteiger partial charge in [-0.25, -0.2) is 9.48 Å². The lowest BCUT2D eigenvalue weighted by Crippen LogP contribution is -2.70. The number of hydrogen-bond donors (Lipinski definition) is 2. The molecule has 4 heterocycles. The molecule has 2 N–H and O–H groups in total. The third-order valence-corrected chi connectivity index (χ3v) is 9.72. The number of fused-ring (bicyclic) bond motifs is 1. The first kappa shape index (κ1) is 22.9. The normalized spacial score (nSPS) is 21.2. The summed E-state index contributed by atoms with van der Waals surface area (Å²) in [5.41, 5.74) is 0.528. The van der Waals surface area contributed by atoms with Gasteiger partial charge in [-0.2, -0.15) is 0 Å². The summed E-state index contributed by atoms with van der Waals surface area (Å²) in [5.74, 6) is -1.73. The van der Waals surface area contributed by atoms with Crippen LogP contribution < -0.4 is 5.32 Å². The highest BCUT2D eigenvalue weighted by Gasteiger charge is 2.54. The van der Waals surface area contributed by atoms with Crippen LogP contribution in [0.2, 0.25) is 0 Å². The van der Waals surface area contributed by atoms with E-state index in [0.29, 0.717) is 33.0 Å². The van der Waals surface area contributed by atoms with Crippen LogP contribution in [0.4, 0.5) is 0 Å². The molecule has 1 saturated heterocycles. The molecule has 0 radical (unpaired) electrons. The Kier molecular flexibility index (Phi) is 6.97. The van der Waals surface area contributed by atoms with Gasteiger partial charge in [-0.3, -0.25) is 18.7 Å². The van der Waals surface area contributed by atoms with Crippen molar-refractivity contribution in [1.29, 1.82) is 0 Å². The molecule has 15 heteroatoms. The van der Waals surface area contributed by atoms with Crippen LogP contribution in [0.15, 0.2) is 38.1 Å². The van der Waals surface area contributed by atoms with Crippen molar-refractivity contribution in [1.82, 2.24) is 30.4 Å². The molecule has 32 heavy (non-hydrogen) atoms. The first-order valence-corrected chi connectivity index (χ1v) is 13.6. The molecule has 2 amide bonds. The van der Waals surface area contributed by atoms with E-state index in [9.17, 15) is 23.7 Å². The second-order valence-corrected chi connectivity index (χ2v) is 11.4. The Bertz CT molecular complexity index is 1100. The summed E-state index contributed by atoms with van der Waals surface area (Å²) in [6.45, 7) is 2.48. The molecule has 3 atom stereocenters. The number of nitrogens with zero attached hydrogens (tertiary/aromatic N) is 5. The zero-order chi connectivity index (χ0) is 22.8.